The van der Waals surface area contributed by atoms with Crippen molar-refractivity contribution >= 4 is 0 Å². The van der Waals surface area contributed by atoms with Crippen LogP contribution in [0.25, 0.3) is 0 Å². The molecule has 90 valence electrons. The van der Waals surface area contributed by atoms with Crippen LogP contribution in [0.4, 0.5) is 0 Å². The maximum Gasteiger partial charge on any atom is 0.0664 e. The van der Waals surface area contributed by atoms with Crippen molar-refractivity contribution in [3.63, 3.8) is 0 Å². The summed E-state index contributed by atoms with van der Waals surface area (Å²) in [4.78, 5) is 0. The Bertz CT molecular complexity index is 323. The zero-order chi connectivity index (χ0) is 12.0. The number of benzene rings is 1. The lowest BCUT2D eigenvalue weighted by molar-refractivity contribution is 0.160. The molecule has 0 aromatic heterocycles. The van der Waals surface area contributed by atoms with Crippen LogP contribution in [0.5, 0.6) is 0 Å². The van der Waals surface area contributed by atoms with Crippen LogP contribution in [-0.4, -0.2) is 17.8 Å². The lowest BCUT2D eigenvalue weighted by atomic mass is 10.0. The molecule has 0 saturated heterocycles. The molecule has 1 aromatic rings. The van der Waals surface area contributed by atoms with E-state index in [1.54, 1.807) is 0 Å². The molecule has 0 fully saturated rings. The van der Waals surface area contributed by atoms with Gasteiger partial charge in [0, 0.05) is 13.1 Å². The smallest absolute Gasteiger partial charge is 0.0664 e. The minimum Gasteiger partial charge on any atom is -0.392 e. The lowest BCUT2D eigenvalue weighted by Gasteiger charge is -2.12. The minimum atomic E-state index is -0.213. The standard InChI is InChI=1S/C14H23NO/c1-4-6-14(16)10-15-9-13-8-5-7-11(2)12(13)3/h5,7-8,14-16H,4,6,9-10H2,1-3H3. The van der Waals surface area contributed by atoms with Crippen LogP contribution in [0.1, 0.15) is 36.5 Å². The van der Waals surface area contributed by atoms with Crippen molar-refractivity contribution in [2.45, 2.75) is 46.3 Å². The summed E-state index contributed by atoms with van der Waals surface area (Å²) in [5, 5.41) is 12.9. The SMILES string of the molecule is CCCC(O)CNCc1cccc(C)c1C. The van der Waals surface area contributed by atoms with Crippen molar-refractivity contribution in [3.05, 3.63) is 34.9 Å². The first-order chi connectivity index (χ1) is 7.65. The molecule has 2 N–H and O–H groups in total. The average molecular weight is 221 g/mol. The number of nitrogens with one attached hydrogen (secondary N) is 1. The highest BCUT2D eigenvalue weighted by Crippen LogP contribution is 2.12. The summed E-state index contributed by atoms with van der Waals surface area (Å²) in [6.45, 7) is 7.89. The molecule has 2 heteroatoms. The van der Waals surface area contributed by atoms with E-state index in [1.807, 2.05) is 0 Å². The van der Waals surface area contributed by atoms with Gasteiger partial charge in [0.15, 0.2) is 0 Å². The van der Waals surface area contributed by atoms with E-state index in [0.717, 1.165) is 19.4 Å². The van der Waals surface area contributed by atoms with E-state index in [1.165, 1.54) is 16.7 Å². The van der Waals surface area contributed by atoms with Crippen molar-refractivity contribution in [2.24, 2.45) is 0 Å². The first-order valence-corrected chi connectivity index (χ1v) is 6.09. The van der Waals surface area contributed by atoms with Crippen molar-refractivity contribution in [1.29, 1.82) is 0 Å². The van der Waals surface area contributed by atoms with Crippen LogP contribution in [-0.2, 0) is 6.54 Å². The van der Waals surface area contributed by atoms with E-state index in [2.05, 4.69) is 44.3 Å². The summed E-state index contributed by atoms with van der Waals surface area (Å²) >= 11 is 0. The quantitative estimate of drug-likeness (QED) is 0.773. The van der Waals surface area contributed by atoms with Crippen molar-refractivity contribution in [3.8, 4) is 0 Å². The van der Waals surface area contributed by atoms with Gasteiger partial charge in [0.1, 0.15) is 0 Å². The van der Waals surface area contributed by atoms with Crippen molar-refractivity contribution < 1.29 is 5.11 Å². The molecular formula is C14H23NO. The Morgan fingerprint density at radius 1 is 1.31 bits per heavy atom. The Balaban J connectivity index is 2.40. The third kappa shape index (κ3) is 3.95. The van der Waals surface area contributed by atoms with E-state index < -0.39 is 0 Å². The fourth-order valence-corrected chi connectivity index (χ4v) is 1.81. The molecule has 1 atom stereocenters. The molecule has 0 heterocycles. The van der Waals surface area contributed by atoms with Crippen LogP contribution < -0.4 is 5.32 Å². The molecule has 0 spiro atoms. The minimum absolute atomic E-state index is 0.213. The maximum atomic E-state index is 9.59. The number of rotatable bonds is 6. The predicted molar refractivity (Wildman–Crippen MR) is 68.5 cm³/mol. The molecule has 0 amide bonds. The summed E-state index contributed by atoms with van der Waals surface area (Å²) in [5.74, 6) is 0. The molecule has 0 aliphatic heterocycles. The second-order valence-electron chi connectivity index (χ2n) is 4.43. The normalized spacial score (nSPS) is 12.8. The van der Waals surface area contributed by atoms with E-state index in [9.17, 15) is 5.11 Å². The third-order valence-electron chi connectivity index (χ3n) is 3.03. The Kier molecular flexibility index (Phi) is 5.50. The highest BCUT2D eigenvalue weighted by molar-refractivity contribution is 5.32. The predicted octanol–water partition coefficient (Wildman–Crippen LogP) is 2.55. The topological polar surface area (TPSA) is 32.3 Å². The highest BCUT2D eigenvalue weighted by atomic mass is 16.3. The Labute approximate surface area is 98.7 Å². The van der Waals surface area contributed by atoms with Gasteiger partial charge in [0.05, 0.1) is 6.10 Å². The molecular weight excluding hydrogens is 198 g/mol. The Hall–Kier alpha value is -0.860. The number of aliphatic hydroxyl groups is 1. The molecule has 0 aliphatic carbocycles. The van der Waals surface area contributed by atoms with E-state index in [-0.39, 0.29) is 6.10 Å². The van der Waals surface area contributed by atoms with Crippen molar-refractivity contribution in [2.75, 3.05) is 6.54 Å². The summed E-state index contributed by atoms with van der Waals surface area (Å²) in [6.07, 6.45) is 1.70. The summed E-state index contributed by atoms with van der Waals surface area (Å²) in [6, 6.07) is 6.36. The van der Waals surface area contributed by atoms with Gasteiger partial charge in [-0.1, -0.05) is 31.5 Å². The highest BCUT2D eigenvalue weighted by Gasteiger charge is 2.03. The van der Waals surface area contributed by atoms with Gasteiger partial charge in [-0.2, -0.15) is 0 Å². The van der Waals surface area contributed by atoms with Crippen LogP contribution in [0, 0.1) is 13.8 Å². The largest absolute Gasteiger partial charge is 0.392 e. The molecule has 0 aliphatic rings. The number of aliphatic hydroxyl groups excluding tert-OH is 1. The van der Waals surface area contributed by atoms with Crippen LogP contribution in [0.2, 0.25) is 0 Å². The summed E-state index contributed by atoms with van der Waals surface area (Å²) < 4.78 is 0. The Morgan fingerprint density at radius 2 is 2.06 bits per heavy atom. The second kappa shape index (κ2) is 6.66. The maximum absolute atomic E-state index is 9.59. The first-order valence-electron chi connectivity index (χ1n) is 6.09. The van der Waals surface area contributed by atoms with Crippen LogP contribution in [0.3, 0.4) is 0 Å². The van der Waals surface area contributed by atoms with E-state index in [4.69, 9.17) is 0 Å². The number of hydrogen-bond donors (Lipinski definition) is 2. The van der Waals surface area contributed by atoms with Gasteiger partial charge in [-0.05, 0) is 37.0 Å². The Morgan fingerprint density at radius 3 is 2.75 bits per heavy atom. The average Bonchev–Trinajstić information content (AvgIpc) is 2.25. The van der Waals surface area contributed by atoms with Gasteiger partial charge in [0.2, 0.25) is 0 Å². The molecule has 1 rings (SSSR count). The summed E-state index contributed by atoms with van der Waals surface area (Å²) in [7, 11) is 0. The van der Waals surface area contributed by atoms with Crippen LogP contribution >= 0.6 is 0 Å². The summed E-state index contributed by atoms with van der Waals surface area (Å²) in [5.41, 5.74) is 4.00. The van der Waals surface area contributed by atoms with E-state index >= 15 is 0 Å². The first kappa shape index (κ1) is 13.2. The van der Waals surface area contributed by atoms with Gasteiger partial charge >= 0.3 is 0 Å². The molecule has 2 nitrogen and oxygen atoms in total. The molecule has 0 bridgehead atoms. The fourth-order valence-electron chi connectivity index (χ4n) is 1.81. The monoisotopic (exact) mass is 221 g/mol. The third-order valence-corrected chi connectivity index (χ3v) is 3.03. The van der Waals surface area contributed by atoms with Gasteiger partial charge in [-0.3, -0.25) is 0 Å². The molecule has 1 aromatic carbocycles. The van der Waals surface area contributed by atoms with Gasteiger partial charge in [-0.15, -0.1) is 0 Å². The molecule has 0 radical (unpaired) electrons. The van der Waals surface area contributed by atoms with Gasteiger partial charge < -0.3 is 10.4 Å². The van der Waals surface area contributed by atoms with Crippen molar-refractivity contribution in [1.82, 2.24) is 5.32 Å². The number of aryl methyl sites for hydroxylation is 1. The molecule has 0 saturated carbocycles. The van der Waals surface area contributed by atoms with Gasteiger partial charge in [0.25, 0.3) is 0 Å². The zero-order valence-electron chi connectivity index (χ0n) is 10.6. The molecule has 1 unspecified atom stereocenters. The lowest BCUT2D eigenvalue weighted by Crippen LogP contribution is -2.26. The number of hydrogen-bond acceptors (Lipinski definition) is 2. The fraction of sp³-hybridized carbons (Fsp3) is 0.571. The zero-order valence-corrected chi connectivity index (χ0v) is 10.6. The van der Waals surface area contributed by atoms with E-state index in [0.29, 0.717) is 6.54 Å². The van der Waals surface area contributed by atoms with Gasteiger partial charge in [-0.25, -0.2) is 0 Å². The second-order valence-corrected chi connectivity index (χ2v) is 4.43. The molecule has 16 heavy (non-hydrogen) atoms. The van der Waals surface area contributed by atoms with Crippen LogP contribution in [0.15, 0.2) is 18.2 Å².